The van der Waals surface area contributed by atoms with Crippen molar-refractivity contribution in [2.75, 3.05) is 31.1 Å². The van der Waals surface area contributed by atoms with Crippen LogP contribution in [0.4, 0.5) is 5.82 Å². The van der Waals surface area contributed by atoms with E-state index < -0.39 is 0 Å². The standard InChI is InChI=1S/C22H25N5O2/c1-17(28)26-12-14-27(15-13-26)21-11-10-19(16-23-21)22-24-20(25-29-22)9-5-8-18-6-3-2-4-7-18/h2-4,6-7,10-11,16H,5,8-9,12-15H2,1H3. The Balaban J connectivity index is 1.32. The molecule has 7 heteroatoms. The van der Waals surface area contributed by atoms with Crippen LogP contribution >= 0.6 is 0 Å². The summed E-state index contributed by atoms with van der Waals surface area (Å²) in [6.45, 7) is 4.66. The van der Waals surface area contributed by atoms with Crippen molar-refractivity contribution < 1.29 is 9.32 Å². The maximum Gasteiger partial charge on any atom is 0.259 e. The lowest BCUT2D eigenvalue weighted by atomic mass is 10.1. The molecule has 0 bridgehead atoms. The minimum Gasteiger partial charge on any atom is -0.353 e. The molecule has 3 heterocycles. The maximum absolute atomic E-state index is 11.5. The summed E-state index contributed by atoms with van der Waals surface area (Å²) in [5.41, 5.74) is 2.14. The summed E-state index contributed by atoms with van der Waals surface area (Å²) in [6.07, 6.45) is 4.53. The third kappa shape index (κ3) is 4.80. The van der Waals surface area contributed by atoms with Crippen LogP contribution in [0.3, 0.4) is 0 Å². The Hall–Kier alpha value is -3.22. The average molecular weight is 391 g/mol. The van der Waals surface area contributed by atoms with E-state index in [1.165, 1.54) is 5.56 Å². The predicted octanol–water partition coefficient (Wildman–Crippen LogP) is 2.98. The molecule has 1 aliphatic heterocycles. The lowest BCUT2D eigenvalue weighted by Gasteiger charge is -2.34. The highest BCUT2D eigenvalue weighted by Gasteiger charge is 2.19. The summed E-state index contributed by atoms with van der Waals surface area (Å²) in [4.78, 5) is 24.6. The smallest absolute Gasteiger partial charge is 0.259 e. The molecule has 0 radical (unpaired) electrons. The van der Waals surface area contributed by atoms with Crippen molar-refractivity contribution in [3.05, 3.63) is 60.0 Å². The van der Waals surface area contributed by atoms with E-state index in [0.717, 1.165) is 62.6 Å². The van der Waals surface area contributed by atoms with Crippen LogP contribution < -0.4 is 4.90 Å². The van der Waals surface area contributed by atoms with Crippen molar-refractivity contribution >= 4 is 11.7 Å². The van der Waals surface area contributed by atoms with Crippen LogP contribution in [0.5, 0.6) is 0 Å². The van der Waals surface area contributed by atoms with E-state index in [-0.39, 0.29) is 5.91 Å². The van der Waals surface area contributed by atoms with Crippen LogP contribution in [0.15, 0.2) is 53.2 Å². The monoisotopic (exact) mass is 391 g/mol. The van der Waals surface area contributed by atoms with Gasteiger partial charge in [-0.1, -0.05) is 35.5 Å². The number of pyridine rings is 1. The Morgan fingerprint density at radius 2 is 1.83 bits per heavy atom. The van der Waals surface area contributed by atoms with Crippen molar-refractivity contribution in [2.24, 2.45) is 0 Å². The van der Waals surface area contributed by atoms with Gasteiger partial charge in [0.2, 0.25) is 5.91 Å². The normalized spacial score (nSPS) is 14.2. The number of aromatic nitrogens is 3. The molecular formula is C22H25N5O2. The van der Waals surface area contributed by atoms with E-state index in [9.17, 15) is 4.79 Å². The van der Waals surface area contributed by atoms with Crippen LogP contribution in [0.25, 0.3) is 11.5 Å². The first-order valence-electron chi connectivity index (χ1n) is 10.0. The number of rotatable bonds is 6. The number of hydrogen-bond acceptors (Lipinski definition) is 6. The molecular weight excluding hydrogens is 366 g/mol. The van der Waals surface area contributed by atoms with Gasteiger partial charge in [-0.15, -0.1) is 0 Å². The number of hydrogen-bond donors (Lipinski definition) is 0. The minimum absolute atomic E-state index is 0.129. The number of anilines is 1. The Labute approximate surface area is 170 Å². The van der Waals surface area contributed by atoms with Gasteiger partial charge in [-0.05, 0) is 30.5 Å². The molecule has 0 spiro atoms. The number of aryl methyl sites for hydroxylation is 2. The lowest BCUT2D eigenvalue weighted by Crippen LogP contribution is -2.48. The van der Waals surface area contributed by atoms with Crippen LogP contribution in [-0.4, -0.2) is 52.1 Å². The molecule has 7 nitrogen and oxygen atoms in total. The van der Waals surface area contributed by atoms with Crippen molar-refractivity contribution in [2.45, 2.75) is 26.2 Å². The Morgan fingerprint density at radius 3 is 2.52 bits per heavy atom. The zero-order chi connectivity index (χ0) is 20.1. The highest BCUT2D eigenvalue weighted by molar-refractivity contribution is 5.73. The van der Waals surface area contributed by atoms with Crippen molar-refractivity contribution in [3.63, 3.8) is 0 Å². The van der Waals surface area contributed by atoms with Gasteiger partial charge in [0.1, 0.15) is 5.82 Å². The topological polar surface area (TPSA) is 75.4 Å². The molecule has 0 atom stereocenters. The molecule has 0 N–H and O–H groups in total. The molecule has 4 rings (SSSR count). The second kappa shape index (κ2) is 8.86. The fraction of sp³-hybridized carbons (Fsp3) is 0.364. The van der Waals surface area contributed by atoms with Crippen LogP contribution in [0.1, 0.15) is 24.7 Å². The van der Waals surface area contributed by atoms with E-state index in [1.54, 1.807) is 13.1 Å². The predicted molar refractivity (Wildman–Crippen MR) is 110 cm³/mol. The third-order valence-corrected chi connectivity index (χ3v) is 5.22. The molecule has 0 unspecified atom stereocenters. The van der Waals surface area contributed by atoms with E-state index >= 15 is 0 Å². The largest absolute Gasteiger partial charge is 0.353 e. The molecule has 1 aliphatic rings. The summed E-state index contributed by atoms with van der Waals surface area (Å²) in [5.74, 6) is 2.25. The number of carbonyl (C=O) groups is 1. The maximum atomic E-state index is 11.5. The molecule has 3 aromatic rings. The average Bonchev–Trinajstić information content (AvgIpc) is 3.24. The molecule has 1 amide bonds. The van der Waals surface area contributed by atoms with Gasteiger partial charge in [0.25, 0.3) is 5.89 Å². The molecule has 2 aromatic heterocycles. The summed E-state index contributed by atoms with van der Waals surface area (Å²) < 4.78 is 5.42. The van der Waals surface area contributed by atoms with Crippen molar-refractivity contribution in [1.82, 2.24) is 20.0 Å². The van der Waals surface area contributed by atoms with E-state index in [1.807, 2.05) is 23.1 Å². The Bertz CT molecular complexity index is 931. The number of nitrogens with zero attached hydrogens (tertiary/aromatic N) is 5. The zero-order valence-corrected chi connectivity index (χ0v) is 16.6. The van der Waals surface area contributed by atoms with Gasteiger partial charge in [0.05, 0.1) is 5.56 Å². The Morgan fingerprint density at radius 1 is 1.03 bits per heavy atom. The highest BCUT2D eigenvalue weighted by Crippen LogP contribution is 2.21. The summed E-state index contributed by atoms with van der Waals surface area (Å²) in [5, 5.41) is 4.10. The SMILES string of the molecule is CC(=O)N1CCN(c2ccc(-c3nc(CCCc4ccccc4)no3)cn2)CC1. The zero-order valence-electron chi connectivity index (χ0n) is 16.6. The number of carbonyl (C=O) groups excluding carboxylic acids is 1. The summed E-state index contributed by atoms with van der Waals surface area (Å²) in [7, 11) is 0. The van der Waals surface area contributed by atoms with Crippen molar-refractivity contribution in [3.8, 4) is 11.5 Å². The van der Waals surface area contributed by atoms with Crippen molar-refractivity contribution in [1.29, 1.82) is 0 Å². The van der Waals surface area contributed by atoms with Gasteiger partial charge in [-0.2, -0.15) is 4.98 Å². The van der Waals surface area contributed by atoms with E-state index in [2.05, 4.69) is 44.3 Å². The van der Waals surface area contributed by atoms with Gasteiger partial charge in [0.15, 0.2) is 5.82 Å². The van der Waals surface area contributed by atoms with Crippen LogP contribution in [0.2, 0.25) is 0 Å². The number of benzene rings is 1. The summed E-state index contributed by atoms with van der Waals surface area (Å²) in [6, 6.07) is 14.3. The second-order valence-corrected chi connectivity index (χ2v) is 7.25. The molecule has 0 saturated carbocycles. The van der Waals surface area contributed by atoms with Crippen LogP contribution in [-0.2, 0) is 17.6 Å². The third-order valence-electron chi connectivity index (χ3n) is 5.22. The fourth-order valence-electron chi connectivity index (χ4n) is 3.52. The quantitative estimate of drug-likeness (QED) is 0.643. The first kappa shape index (κ1) is 19.1. The fourth-order valence-corrected chi connectivity index (χ4v) is 3.52. The molecule has 0 aliphatic carbocycles. The van der Waals surface area contributed by atoms with Gasteiger partial charge in [-0.25, -0.2) is 4.98 Å². The highest BCUT2D eigenvalue weighted by atomic mass is 16.5. The summed E-state index contributed by atoms with van der Waals surface area (Å²) >= 11 is 0. The number of amides is 1. The van der Waals surface area contributed by atoms with Gasteiger partial charge >= 0.3 is 0 Å². The van der Waals surface area contributed by atoms with E-state index in [4.69, 9.17) is 4.52 Å². The van der Waals surface area contributed by atoms with E-state index in [0.29, 0.717) is 5.89 Å². The minimum atomic E-state index is 0.129. The van der Waals surface area contributed by atoms with Gasteiger partial charge in [-0.3, -0.25) is 4.79 Å². The molecule has 29 heavy (non-hydrogen) atoms. The van der Waals surface area contributed by atoms with Gasteiger partial charge in [0, 0.05) is 45.7 Å². The second-order valence-electron chi connectivity index (χ2n) is 7.25. The lowest BCUT2D eigenvalue weighted by molar-refractivity contribution is -0.129. The first-order chi connectivity index (χ1) is 14.2. The first-order valence-corrected chi connectivity index (χ1v) is 10.0. The number of piperazine rings is 1. The molecule has 150 valence electrons. The molecule has 1 saturated heterocycles. The van der Waals surface area contributed by atoms with Gasteiger partial charge < -0.3 is 14.3 Å². The molecule has 1 aromatic carbocycles. The molecule has 1 fully saturated rings. The Kier molecular flexibility index (Phi) is 5.84. The van der Waals surface area contributed by atoms with Crippen LogP contribution in [0, 0.1) is 0 Å².